The number of fused-ring (bicyclic) bond motifs is 1. The van der Waals surface area contributed by atoms with Crippen molar-refractivity contribution in [3.05, 3.63) is 60.2 Å². The third kappa shape index (κ3) is 4.54. The summed E-state index contributed by atoms with van der Waals surface area (Å²) in [4.78, 5) is 14.3. The van der Waals surface area contributed by atoms with Gasteiger partial charge in [-0.1, -0.05) is 42.1 Å². The largest absolute Gasteiger partial charge is 0.494 e. The van der Waals surface area contributed by atoms with Gasteiger partial charge in [0.25, 0.3) is 0 Å². The van der Waals surface area contributed by atoms with Crippen LogP contribution >= 0.6 is 11.8 Å². The Morgan fingerprint density at radius 3 is 2.66 bits per heavy atom. The summed E-state index contributed by atoms with van der Waals surface area (Å²) in [6.07, 6.45) is 0. The quantitative estimate of drug-likeness (QED) is 0.576. The Labute approximate surface area is 174 Å². The van der Waals surface area contributed by atoms with Crippen molar-refractivity contribution in [2.45, 2.75) is 25.2 Å². The van der Waals surface area contributed by atoms with E-state index in [0.717, 1.165) is 41.2 Å². The summed E-state index contributed by atoms with van der Waals surface area (Å²) >= 11 is 1.41. The minimum absolute atomic E-state index is 0.0161. The van der Waals surface area contributed by atoms with Gasteiger partial charge in [-0.3, -0.25) is 9.36 Å². The lowest BCUT2D eigenvalue weighted by atomic mass is 10.2. The molecule has 1 amide bonds. The maximum atomic E-state index is 12.2. The Morgan fingerprint density at radius 1 is 1.10 bits per heavy atom. The van der Waals surface area contributed by atoms with E-state index in [1.165, 1.54) is 11.8 Å². The van der Waals surface area contributed by atoms with Gasteiger partial charge in [0.2, 0.25) is 11.9 Å². The molecule has 3 aromatic rings. The molecule has 8 heteroatoms. The number of anilines is 2. The summed E-state index contributed by atoms with van der Waals surface area (Å²) in [5.41, 5.74) is 2.14. The van der Waals surface area contributed by atoms with Gasteiger partial charge in [0, 0.05) is 25.3 Å². The molecule has 0 spiro atoms. The summed E-state index contributed by atoms with van der Waals surface area (Å²) in [5.74, 6) is 1.96. The van der Waals surface area contributed by atoms with Crippen LogP contribution in [0, 0.1) is 0 Å². The third-order valence-corrected chi connectivity index (χ3v) is 5.58. The number of hydrogen-bond donors (Lipinski definition) is 1. The second-order valence-corrected chi connectivity index (χ2v) is 7.51. The predicted molar refractivity (Wildman–Crippen MR) is 114 cm³/mol. The lowest BCUT2D eigenvalue weighted by Crippen LogP contribution is -2.24. The molecule has 1 aliphatic rings. The number of nitrogens with zero attached hydrogens (tertiary/aromatic N) is 4. The average molecular weight is 410 g/mol. The number of aromatic nitrogens is 3. The van der Waals surface area contributed by atoms with E-state index in [4.69, 9.17) is 4.74 Å². The van der Waals surface area contributed by atoms with Crippen LogP contribution in [0.15, 0.2) is 59.8 Å². The number of ether oxygens (including phenoxy) is 1. The van der Waals surface area contributed by atoms with Crippen LogP contribution in [0.1, 0.15) is 12.5 Å². The molecule has 0 unspecified atom stereocenters. The van der Waals surface area contributed by atoms with Gasteiger partial charge in [-0.05, 0) is 36.8 Å². The van der Waals surface area contributed by atoms with Gasteiger partial charge in [-0.2, -0.15) is 0 Å². The number of nitrogens with one attached hydrogen (secondary N) is 1. The number of amides is 1. The zero-order chi connectivity index (χ0) is 20.1. The van der Waals surface area contributed by atoms with E-state index in [2.05, 4.69) is 25.0 Å². The third-order valence-electron chi connectivity index (χ3n) is 4.61. The molecule has 1 aliphatic heterocycles. The van der Waals surface area contributed by atoms with Crippen molar-refractivity contribution in [1.29, 1.82) is 0 Å². The molecule has 0 fully saturated rings. The van der Waals surface area contributed by atoms with Crippen molar-refractivity contribution >= 4 is 29.3 Å². The van der Waals surface area contributed by atoms with Crippen molar-refractivity contribution in [2.24, 2.45) is 0 Å². The second-order valence-electron chi connectivity index (χ2n) is 6.56. The summed E-state index contributed by atoms with van der Waals surface area (Å²) in [6, 6.07) is 17.9. The van der Waals surface area contributed by atoms with Crippen molar-refractivity contribution in [3.63, 3.8) is 0 Å². The monoisotopic (exact) mass is 409 g/mol. The molecule has 4 rings (SSSR count). The Hall–Kier alpha value is -3.00. The number of rotatable bonds is 8. The summed E-state index contributed by atoms with van der Waals surface area (Å²) < 4.78 is 7.57. The molecule has 0 bridgehead atoms. The highest BCUT2D eigenvalue weighted by atomic mass is 32.2. The fourth-order valence-corrected chi connectivity index (χ4v) is 3.98. The molecule has 1 aromatic heterocycles. The zero-order valence-corrected chi connectivity index (χ0v) is 17.1. The number of carbonyl (C=O) groups is 1. The molecule has 2 aromatic carbocycles. The van der Waals surface area contributed by atoms with Gasteiger partial charge in [0.1, 0.15) is 5.75 Å². The van der Waals surface area contributed by atoms with Crippen molar-refractivity contribution in [3.8, 4) is 5.75 Å². The fraction of sp³-hybridized carbons (Fsp3) is 0.286. The van der Waals surface area contributed by atoms with E-state index in [9.17, 15) is 4.79 Å². The number of thioether (sulfide) groups is 1. The van der Waals surface area contributed by atoms with Crippen LogP contribution in [0.3, 0.4) is 0 Å². The normalized spacial score (nSPS) is 12.7. The zero-order valence-electron chi connectivity index (χ0n) is 16.2. The maximum absolute atomic E-state index is 12.2. The number of hydrogen-bond acceptors (Lipinski definition) is 6. The van der Waals surface area contributed by atoms with Gasteiger partial charge in [0.15, 0.2) is 5.16 Å². The van der Waals surface area contributed by atoms with E-state index < -0.39 is 0 Å². The lowest BCUT2D eigenvalue weighted by Gasteiger charge is -2.15. The van der Waals surface area contributed by atoms with Gasteiger partial charge >= 0.3 is 0 Å². The fourth-order valence-electron chi connectivity index (χ4n) is 3.19. The van der Waals surface area contributed by atoms with Crippen LogP contribution in [0.25, 0.3) is 0 Å². The predicted octanol–water partition coefficient (Wildman–Crippen LogP) is 3.24. The van der Waals surface area contributed by atoms with Crippen molar-refractivity contribution in [1.82, 2.24) is 20.1 Å². The molecule has 0 aliphatic carbocycles. The molecule has 7 nitrogen and oxygen atoms in total. The topological polar surface area (TPSA) is 72.3 Å². The number of benzene rings is 2. The first kappa shape index (κ1) is 19.3. The van der Waals surface area contributed by atoms with Crippen LogP contribution < -0.4 is 15.0 Å². The molecule has 0 atom stereocenters. The van der Waals surface area contributed by atoms with E-state index in [1.54, 1.807) is 0 Å². The van der Waals surface area contributed by atoms with Gasteiger partial charge < -0.3 is 15.0 Å². The van der Waals surface area contributed by atoms with Crippen LogP contribution in [-0.4, -0.2) is 39.6 Å². The Morgan fingerprint density at radius 2 is 1.90 bits per heavy atom. The van der Waals surface area contributed by atoms with E-state index in [-0.39, 0.29) is 5.91 Å². The highest BCUT2D eigenvalue weighted by molar-refractivity contribution is 7.99. The summed E-state index contributed by atoms with van der Waals surface area (Å²) in [5, 5.41) is 12.3. The van der Waals surface area contributed by atoms with Crippen molar-refractivity contribution < 1.29 is 9.53 Å². The standard InChI is InChI=1S/C21H23N5O2S/c1-2-28-18-10-8-17(9-11-18)25-12-13-26-20(25)23-24-21(26)29-15-19(27)22-14-16-6-4-3-5-7-16/h3-11H,2,12-15H2,1H3,(H,22,27). The highest BCUT2D eigenvalue weighted by Gasteiger charge is 2.26. The number of carbonyl (C=O) groups excluding carboxylic acids is 1. The molecule has 150 valence electrons. The van der Waals surface area contributed by atoms with Gasteiger partial charge in [-0.15, -0.1) is 10.2 Å². The summed E-state index contributed by atoms with van der Waals surface area (Å²) in [6.45, 7) is 4.77. The maximum Gasteiger partial charge on any atom is 0.232 e. The smallest absolute Gasteiger partial charge is 0.232 e. The minimum Gasteiger partial charge on any atom is -0.494 e. The Bertz CT molecular complexity index is 959. The SMILES string of the molecule is CCOc1ccc(N2CCn3c(SCC(=O)NCc4ccccc4)nnc32)cc1. The van der Waals surface area contributed by atoms with E-state index in [0.29, 0.717) is 18.9 Å². The molecule has 0 saturated carbocycles. The molecular weight excluding hydrogens is 386 g/mol. The molecule has 0 radical (unpaired) electrons. The van der Waals surface area contributed by atoms with Crippen LogP contribution in [0.4, 0.5) is 11.6 Å². The molecule has 1 N–H and O–H groups in total. The molecular formula is C21H23N5O2S. The first-order chi connectivity index (χ1) is 14.2. The first-order valence-corrected chi connectivity index (χ1v) is 10.6. The Kier molecular flexibility index (Phi) is 6.00. The summed E-state index contributed by atoms with van der Waals surface area (Å²) in [7, 11) is 0. The second kappa shape index (κ2) is 9.00. The molecule has 2 heterocycles. The van der Waals surface area contributed by atoms with Crippen LogP contribution in [0.2, 0.25) is 0 Å². The highest BCUT2D eigenvalue weighted by Crippen LogP contribution is 2.32. The van der Waals surface area contributed by atoms with Gasteiger partial charge in [0.05, 0.1) is 12.4 Å². The van der Waals surface area contributed by atoms with Crippen LogP contribution in [-0.2, 0) is 17.9 Å². The van der Waals surface area contributed by atoms with Crippen molar-refractivity contribution in [2.75, 3.05) is 23.8 Å². The minimum atomic E-state index is -0.0161. The van der Waals surface area contributed by atoms with Crippen LogP contribution in [0.5, 0.6) is 5.75 Å². The first-order valence-electron chi connectivity index (χ1n) is 9.61. The van der Waals surface area contributed by atoms with E-state index in [1.807, 2.05) is 61.5 Å². The van der Waals surface area contributed by atoms with E-state index >= 15 is 0 Å². The van der Waals surface area contributed by atoms with Gasteiger partial charge in [-0.25, -0.2) is 0 Å². The molecule has 29 heavy (non-hydrogen) atoms. The lowest BCUT2D eigenvalue weighted by molar-refractivity contribution is -0.118. The average Bonchev–Trinajstić information content (AvgIpc) is 3.35. The Balaban J connectivity index is 1.34. The molecule has 0 saturated heterocycles.